The van der Waals surface area contributed by atoms with Gasteiger partial charge in [-0.05, 0) is 13.0 Å². The summed E-state index contributed by atoms with van der Waals surface area (Å²) in [6, 6.07) is 2.05. The van der Waals surface area contributed by atoms with E-state index in [9.17, 15) is 0 Å². The van der Waals surface area contributed by atoms with E-state index in [0.29, 0.717) is 19.1 Å². The van der Waals surface area contributed by atoms with Gasteiger partial charge in [0.05, 0.1) is 19.7 Å². The normalized spacial score (nSPS) is 13.8. The van der Waals surface area contributed by atoms with Gasteiger partial charge in [-0.1, -0.05) is 0 Å². The van der Waals surface area contributed by atoms with E-state index in [1.807, 2.05) is 23.9 Å². The van der Waals surface area contributed by atoms with Gasteiger partial charge in [0.2, 0.25) is 0 Å². The summed E-state index contributed by atoms with van der Waals surface area (Å²) in [6.07, 6.45) is 3.64. The summed E-state index contributed by atoms with van der Waals surface area (Å²) in [7, 11) is 1.66. The van der Waals surface area contributed by atoms with Gasteiger partial charge in [0.15, 0.2) is 5.96 Å². The monoisotopic (exact) mass is 225 g/mol. The van der Waals surface area contributed by atoms with E-state index in [4.69, 9.17) is 10.5 Å². The van der Waals surface area contributed by atoms with E-state index < -0.39 is 0 Å². The number of methoxy groups -OCH3 is 1. The molecule has 1 aromatic heterocycles. The van der Waals surface area contributed by atoms with E-state index >= 15 is 0 Å². The first-order chi connectivity index (χ1) is 7.72. The molecule has 0 spiro atoms. The van der Waals surface area contributed by atoms with Crippen LogP contribution in [0.25, 0.3) is 0 Å². The molecule has 0 saturated heterocycles. The lowest BCUT2D eigenvalue weighted by Crippen LogP contribution is -2.40. The Balaban J connectivity index is 2.23. The van der Waals surface area contributed by atoms with E-state index in [1.54, 1.807) is 13.3 Å². The summed E-state index contributed by atoms with van der Waals surface area (Å²) >= 11 is 0. The number of rotatable bonds is 6. The van der Waals surface area contributed by atoms with Crippen molar-refractivity contribution in [3.63, 3.8) is 0 Å². The van der Waals surface area contributed by atoms with Crippen molar-refractivity contribution in [3.05, 3.63) is 18.5 Å². The third kappa shape index (κ3) is 4.79. The number of aliphatic imine (C=N–C) groups is 1. The Morgan fingerprint density at radius 2 is 2.50 bits per heavy atom. The zero-order valence-corrected chi connectivity index (χ0v) is 9.76. The molecule has 1 rings (SSSR count). The van der Waals surface area contributed by atoms with Crippen LogP contribution < -0.4 is 11.1 Å². The second-order valence-corrected chi connectivity index (χ2v) is 3.54. The SMILES string of the molecule is COCC(C)NC(N)=NCCn1cccn1. The van der Waals surface area contributed by atoms with Crippen molar-refractivity contribution in [2.24, 2.45) is 10.7 Å². The Bertz CT molecular complexity index is 309. The smallest absolute Gasteiger partial charge is 0.188 e. The molecular weight excluding hydrogens is 206 g/mol. The van der Waals surface area contributed by atoms with Crippen molar-refractivity contribution < 1.29 is 4.74 Å². The molecule has 0 aromatic carbocycles. The highest BCUT2D eigenvalue weighted by Crippen LogP contribution is 1.85. The first-order valence-electron chi connectivity index (χ1n) is 5.25. The maximum Gasteiger partial charge on any atom is 0.188 e. The number of guanidine groups is 1. The fourth-order valence-corrected chi connectivity index (χ4v) is 1.30. The number of nitrogens with one attached hydrogen (secondary N) is 1. The maximum atomic E-state index is 5.70. The minimum atomic E-state index is 0.165. The average molecular weight is 225 g/mol. The van der Waals surface area contributed by atoms with Crippen molar-refractivity contribution in [1.82, 2.24) is 15.1 Å². The van der Waals surface area contributed by atoms with Crippen LogP contribution in [0.15, 0.2) is 23.5 Å². The third-order valence-electron chi connectivity index (χ3n) is 1.98. The van der Waals surface area contributed by atoms with Crippen LogP contribution in [0.5, 0.6) is 0 Å². The Morgan fingerprint density at radius 1 is 1.69 bits per heavy atom. The molecular formula is C10H19N5O. The average Bonchev–Trinajstić information content (AvgIpc) is 2.70. The molecule has 0 radical (unpaired) electrons. The van der Waals surface area contributed by atoms with Gasteiger partial charge in [-0.2, -0.15) is 5.10 Å². The third-order valence-corrected chi connectivity index (χ3v) is 1.98. The summed E-state index contributed by atoms with van der Waals surface area (Å²) in [5.41, 5.74) is 5.70. The van der Waals surface area contributed by atoms with Crippen LogP contribution in [0, 0.1) is 0 Å². The van der Waals surface area contributed by atoms with Crippen LogP contribution in [-0.4, -0.2) is 42.0 Å². The zero-order chi connectivity index (χ0) is 11.8. The Hall–Kier alpha value is -1.56. The fourth-order valence-electron chi connectivity index (χ4n) is 1.30. The largest absolute Gasteiger partial charge is 0.383 e. The minimum absolute atomic E-state index is 0.165. The predicted octanol–water partition coefficient (Wildman–Crippen LogP) is -0.178. The quantitative estimate of drug-likeness (QED) is 0.520. The van der Waals surface area contributed by atoms with Crippen LogP contribution in [0.4, 0.5) is 0 Å². The topological polar surface area (TPSA) is 77.5 Å². The maximum absolute atomic E-state index is 5.70. The predicted molar refractivity (Wildman–Crippen MR) is 63.2 cm³/mol. The van der Waals surface area contributed by atoms with Crippen LogP contribution in [0.2, 0.25) is 0 Å². The van der Waals surface area contributed by atoms with Gasteiger partial charge in [0.1, 0.15) is 0 Å². The summed E-state index contributed by atoms with van der Waals surface area (Å²) in [6.45, 7) is 3.93. The number of hydrogen-bond donors (Lipinski definition) is 2. The molecule has 16 heavy (non-hydrogen) atoms. The summed E-state index contributed by atoms with van der Waals surface area (Å²) in [5.74, 6) is 0.441. The van der Waals surface area contributed by atoms with Crippen molar-refractivity contribution >= 4 is 5.96 Å². The van der Waals surface area contributed by atoms with Gasteiger partial charge in [-0.15, -0.1) is 0 Å². The van der Waals surface area contributed by atoms with Crippen LogP contribution in [-0.2, 0) is 11.3 Å². The standard InChI is InChI=1S/C10H19N5O/c1-9(8-16-2)14-10(11)12-5-7-15-6-3-4-13-15/h3-4,6,9H,5,7-8H2,1-2H3,(H3,11,12,14). The van der Waals surface area contributed by atoms with Gasteiger partial charge < -0.3 is 15.8 Å². The molecule has 1 unspecified atom stereocenters. The number of ether oxygens (including phenoxy) is 1. The summed E-state index contributed by atoms with van der Waals surface area (Å²) in [5, 5.41) is 7.10. The van der Waals surface area contributed by atoms with Crippen LogP contribution in [0.1, 0.15) is 6.92 Å². The molecule has 1 aromatic rings. The molecule has 0 saturated carbocycles. The van der Waals surface area contributed by atoms with Gasteiger partial charge in [0, 0.05) is 25.5 Å². The molecule has 0 aliphatic heterocycles. The minimum Gasteiger partial charge on any atom is -0.383 e. The first kappa shape index (κ1) is 12.5. The number of aromatic nitrogens is 2. The lowest BCUT2D eigenvalue weighted by Gasteiger charge is -2.12. The second kappa shape index (κ2) is 6.84. The van der Waals surface area contributed by atoms with Gasteiger partial charge in [-0.25, -0.2) is 0 Å². The fraction of sp³-hybridized carbons (Fsp3) is 0.600. The first-order valence-corrected chi connectivity index (χ1v) is 5.25. The Kier molecular flexibility index (Phi) is 5.35. The van der Waals surface area contributed by atoms with Crippen LogP contribution >= 0.6 is 0 Å². The molecule has 1 atom stereocenters. The molecule has 0 amide bonds. The molecule has 6 heteroatoms. The molecule has 0 bridgehead atoms. The highest BCUT2D eigenvalue weighted by atomic mass is 16.5. The number of nitrogens with two attached hydrogens (primary N) is 1. The van der Waals surface area contributed by atoms with Gasteiger partial charge in [0.25, 0.3) is 0 Å². The van der Waals surface area contributed by atoms with E-state index in [1.165, 1.54) is 0 Å². The van der Waals surface area contributed by atoms with Gasteiger partial charge >= 0.3 is 0 Å². The number of nitrogens with zero attached hydrogens (tertiary/aromatic N) is 3. The van der Waals surface area contributed by atoms with E-state index in [-0.39, 0.29) is 6.04 Å². The molecule has 90 valence electrons. The van der Waals surface area contributed by atoms with E-state index in [0.717, 1.165) is 6.54 Å². The Labute approximate surface area is 95.5 Å². The molecule has 6 nitrogen and oxygen atoms in total. The molecule has 3 N–H and O–H groups in total. The van der Waals surface area contributed by atoms with Crippen molar-refractivity contribution in [1.29, 1.82) is 0 Å². The highest BCUT2D eigenvalue weighted by molar-refractivity contribution is 5.78. The summed E-state index contributed by atoms with van der Waals surface area (Å²) < 4.78 is 6.80. The van der Waals surface area contributed by atoms with Crippen molar-refractivity contribution in [2.45, 2.75) is 19.5 Å². The van der Waals surface area contributed by atoms with Crippen molar-refractivity contribution in [3.8, 4) is 0 Å². The molecule has 1 heterocycles. The number of hydrogen-bond acceptors (Lipinski definition) is 3. The van der Waals surface area contributed by atoms with Gasteiger partial charge in [-0.3, -0.25) is 9.67 Å². The highest BCUT2D eigenvalue weighted by Gasteiger charge is 2.00. The summed E-state index contributed by atoms with van der Waals surface area (Å²) in [4.78, 5) is 4.19. The molecule has 0 fully saturated rings. The Morgan fingerprint density at radius 3 is 3.12 bits per heavy atom. The second-order valence-electron chi connectivity index (χ2n) is 3.54. The van der Waals surface area contributed by atoms with E-state index in [2.05, 4.69) is 15.4 Å². The molecule has 0 aliphatic carbocycles. The lowest BCUT2D eigenvalue weighted by molar-refractivity contribution is 0.179. The molecule has 0 aliphatic rings. The lowest BCUT2D eigenvalue weighted by atomic mass is 10.4. The van der Waals surface area contributed by atoms with Crippen LogP contribution in [0.3, 0.4) is 0 Å². The van der Waals surface area contributed by atoms with Crippen molar-refractivity contribution in [2.75, 3.05) is 20.3 Å². The zero-order valence-electron chi connectivity index (χ0n) is 9.76.